The van der Waals surface area contributed by atoms with E-state index in [0.717, 1.165) is 44.0 Å². The Kier molecular flexibility index (Phi) is 5.17. The first-order chi connectivity index (χ1) is 13.0. The van der Waals surface area contributed by atoms with Crippen LogP contribution in [0.15, 0.2) is 18.2 Å². The highest BCUT2D eigenvalue weighted by Crippen LogP contribution is 2.52. The molecule has 0 spiro atoms. The molecule has 3 atom stereocenters. The Bertz CT molecular complexity index is 703. The van der Waals surface area contributed by atoms with Crippen LogP contribution in [-0.4, -0.2) is 55.3 Å². The molecule has 0 aromatic heterocycles. The lowest BCUT2D eigenvalue weighted by Gasteiger charge is -2.56. The number of carbonyl (C=O) groups is 1. The fourth-order valence-corrected chi connectivity index (χ4v) is 5.51. The molecule has 1 saturated carbocycles. The molecule has 1 heterocycles. The molecule has 2 bridgehead atoms. The van der Waals surface area contributed by atoms with Gasteiger partial charge in [0, 0.05) is 18.0 Å². The topological polar surface area (TPSA) is 61.8 Å². The first-order valence-corrected chi connectivity index (χ1v) is 10.4. The summed E-state index contributed by atoms with van der Waals surface area (Å²) in [6.07, 6.45) is 6.05. The SMILES string of the molecule is COc1ccc2c(c1)[C@]1(CCNCC(=O)O)CCN(CC3CC3)[C@H](C2)[C@@H]1C. The summed E-state index contributed by atoms with van der Waals surface area (Å²) in [6.45, 7) is 5.60. The van der Waals surface area contributed by atoms with Crippen molar-refractivity contribution in [3.05, 3.63) is 29.3 Å². The Hall–Kier alpha value is -1.59. The van der Waals surface area contributed by atoms with Crippen molar-refractivity contribution in [2.24, 2.45) is 11.8 Å². The number of aliphatic carboxylic acids is 1. The largest absolute Gasteiger partial charge is 0.497 e. The number of hydrogen-bond donors (Lipinski definition) is 2. The highest BCUT2D eigenvalue weighted by molar-refractivity contribution is 5.68. The zero-order valence-electron chi connectivity index (χ0n) is 16.5. The molecule has 0 unspecified atom stereocenters. The van der Waals surface area contributed by atoms with Gasteiger partial charge in [0.25, 0.3) is 0 Å². The van der Waals surface area contributed by atoms with E-state index in [1.54, 1.807) is 7.11 Å². The van der Waals surface area contributed by atoms with Crippen molar-refractivity contribution in [2.45, 2.75) is 50.5 Å². The second-order valence-corrected chi connectivity index (χ2v) is 8.75. The number of benzene rings is 1. The molecule has 1 aliphatic heterocycles. The monoisotopic (exact) mass is 372 g/mol. The normalized spacial score (nSPS) is 30.0. The van der Waals surface area contributed by atoms with Crippen molar-refractivity contribution in [3.8, 4) is 5.75 Å². The summed E-state index contributed by atoms with van der Waals surface area (Å²) in [5.41, 5.74) is 3.00. The number of rotatable bonds is 8. The molecule has 0 radical (unpaired) electrons. The van der Waals surface area contributed by atoms with E-state index >= 15 is 0 Å². The predicted octanol–water partition coefficient (Wildman–Crippen LogP) is 2.67. The minimum Gasteiger partial charge on any atom is -0.497 e. The van der Waals surface area contributed by atoms with Crippen LogP contribution in [0.1, 0.15) is 43.7 Å². The van der Waals surface area contributed by atoms with Gasteiger partial charge in [-0.1, -0.05) is 13.0 Å². The molecule has 1 aromatic carbocycles. The predicted molar refractivity (Wildman–Crippen MR) is 105 cm³/mol. The minimum atomic E-state index is -0.789. The van der Waals surface area contributed by atoms with E-state index in [-0.39, 0.29) is 12.0 Å². The van der Waals surface area contributed by atoms with Gasteiger partial charge in [-0.15, -0.1) is 0 Å². The van der Waals surface area contributed by atoms with Gasteiger partial charge in [-0.2, -0.15) is 0 Å². The van der Waals surface area contributed by atoms with Crippen LogP contribution in [0.2, 0.25) is 0 Å². The van der Waals surface area contributed by atoms with Crippen LogP contribution in [-0.2, 0) is 16.6 Å². The smallest absolute Gasteiger partial charge is 0.317 e. The van der Waals surface area contributed by atoms with Gasteiger partial charge in [-0.25, -0.2) is 0 Å². The van der Waals surface area contributed by atoms with E-state index in [1.807, 2.05) is 0 Å². The summed E-state index contributed by atoms with van der Waals surface area (Å²) in [5, 5.41) is 12.1. The van der Waals surface area contributed by atoms with E-state index in [1.165, 1.54) is 30.5 Å². The average molecular weight is 373 g/mol. The third-order valence-corrected chi connectivity index (χ3v) is 7.26. The number of likely N-dealkylation sites (tertiary alicyclic amines) is 1. The maximum atomic E-state index is 10.9. The lowest BCUT2D eigenvalue weighted by Crippen LogP contribution is -2.59. The van der Waals surface area contributed by atoms with Gasteiger partial charge in [0.2, 0.25) is 0 Å². The number of carboxylic acid groups (broad SMARTS) is 1. The highest BCUT2D eigenvalue weighted by Gasteiger charge is 2.51. The number of hydrogen-bond acceptors (Lipinski definition) is 4. The molecular formula is C22H32N2O3. The first kappa shape index (κ1) is 18.8. The van der Waals surface area contributed by atoms with Gasteiger partial charge in [0.1, 0.15) is 5.75 Å². The molecular weight excluding hydrogens is 340 g/mol. The molecule has 3 aliphatic rings. The molecule has 2 N–H and O–H groups in total. The third kappa shape index (κ3) is 3.59. The number of methoxy groups -OCH3 is 1. The molecule has 4 rings (SSSR count). The van der Waals surface area contributed by atoms with Crippen molar-refractivity contribution in [1.29, 1.82) is 0 Å². The quantitative estimate of drug-likeness (QED) is 0.687. The average Bonchev–Trinajstić information content (AvgIpc) is 3.46. The molecule has 5 heteroatoms. The van der Waals surface area contributed by atoms with Crippen molar-refractivity contribution in [2.75, 3.05) is 33.3 Å². The fraction of sp³-hybridized carbons (Fsp3) is 0.682. The van der Waals surface area contributed by atoms with Gasteiger partial charge < -0.3 is 15.2 Å². The number of ether oxygens (including phenoxy) is 1. The van der Waals surface area contributed by atoms with Crippen LogP contribution in [0.3, 0.4) is 0 Å². The van der Waals surface area contributed by atoms with Crippen molar-refractivity contribution in [3.63, 3.8) is 0 Å². The van der Waals surface area contributed by atoms with E-state index < -0.39 is 5.97 Å². The minimum absolute atomic E-state index is 0.0344. The summed E-state index contributed by atoms with van der Waals surface area (Å²) >= 11 is 0. The number of carboxylic acids is 1. The van der Waals surface area contributed by atoms with Crippen LogP contribution < -0.4 is 10.1 Å². The van der Waals surface area contributed by atoms with E-state index in [4.69, 9.17) is 9.84 Å². The molecule has 148 valence electrons. The lowest BCUT2D eigenvalue weighted by molar-refractivity contribution is -0.136. The summed E-state index contributed by atoms with van der Waals surface area (Å²) in [5.74, 6) is 1.62. The summed E-state index contributed by atoms with van der Waals surface area (Å²) in [4.78, 5) is 13.6. The van der Waals surface area contributed by atoms with E-state index in [2.05, 4.69) is 35.3 Å². The molecule has 1 aromatic rings. The van der Waals surface area contributed by atoms with Crippen LogP contribution >= 0.6 is 0 Å². The maximum absolute atomic E-state index is 10.9. The molecule has 27 heavy (non-hydrogen) atoms. The molecule has 5 nitrogen and oxygen atoms in total. The van der Waals surface area contributed by atoms with Crippen molar-refractivity contribution in [1.82, 2.24) is 10.2 Å². The van der Waals surface area contributed by atoms with Crippen LogP contribution in [0, 0.1) is 11.8 Å². The van der Waals surface area contributed by atoms with Gasteiger partial charge in [0.05, 0.1) is 13.7 Å². The van der Waals surface area contributed by atoms with Gasteiger partial charge in [-0.05, 0) is 80.3 Å². The van der Waals surface area contributed by atoms with Crippen molar-refractivity contribution < 1.29 is 14.6 Å². The van der Waals surface area contributed by atoms with Gasteiger partial charge in [0.15, 0.2) is 0 Å². The maximum Gasteiger partial charge on any atom is 0.317 e. The Morgan fingerprint density at radius 3 is 2.93 bits per heavy atom. The van der Waals surface area contributed by atoms with Gasteiger partial charge in [-0.3, -0.25) is 9.69 Å². The van der Waals surface area contributed by atoms with Crippen LogP contribution in [0.5, 0.6) is 5.75 Å². The van der Waals surface area contributed by atoms with Crippen LogP contribution in [0.25, 0.3) is 0 Å². The second kappa shape index (κ2) is 7.44. The molecule has 2 fully saturated rings. The summed E-state index contributed by atoms with van der Waals surface area (Å²) in [7, 11) is 1.73. The Morgan fingerprint density at radius 2 is 2.22 bits per heavy atom. The zero-order valence-corrected chi connectivity index (χ0v) is 16.5. The Morgan fingerprint density at radius 1 is 1.41 bits per heavy atom. The molecule has 2 aliphatic carbocycles. The van der Waals surface area contributed by atoms with Crippen LogP contribution in [0.4, 0.5) is 0 Å². The number of nitrogens with one attached hydrogen (secondary N) is 1. The van der Waals surface area contributed by atoms with E-state index in [9.17, 15) is 4.79 Å². The first-order valence-electron chi connectivity index (χ1n) is 10.4. The fourth-order valence-electron chi connectivity index (χ4n) is 5.51. The third-order valence-electron chi connectivity index (χ3n) is 7.26. The lowest BCUT2D eigenvalue weighted by atomic mass is 9.56. The summed E-state index contributed by atoms with van der Waals surface area (Å²) in [6, 6.07) is 7.19. The Labute approximate surface area is 162 Å². The highest BCUT2D eigenvalue weighted by atomic mass is 16.5. The summed E-state index contributed by atoms with van der Waals surface area (Å²) < 4.78 is 5.53. The molecule has 0 amide bonds. The van der Waals surface area contributed by atoms with E-state index in [0.29, 0.717) is 12.0 Å². The number of nitrogens with zero attached hydrogens (tertiary/aromatic N) is 1. The number of piperidine rings is 1. The zero-order chi connectivity index (χ0) is 19.0. The second-order valence-electron chi connectivity index (χ2n) is 8.75. The number of fused-ring (bicyclic) bond motifs is 4. The van der Waals surface area contributed by atoms with Gasteiger partial charge >= 0.3 is 5.97 Å². The standard InChI is InChI=1S/C22H32N2O3/c1-15-20-11-17-5-6-18(27-2)12-19(17)22(15,7-9-23-13-21(25)26)8-10-24(20)14-16-3-4-16/h5-6,12,15-16,20,23H,3-4,7-11,13-14H2,1-2H3,(H,25,26)/t15-,20+,22+/m0/s1. The Balaban J connectivity index is 1.62. The molecule has 1 saturated heterocycles. The van der Waals surface area contributed by atoms with Crippen molar-refractivity contribution >= 4 is 5.97 Å².